The number of ether oxygens (including phenoxy) is 1. The molecule has 0 radical (unpaired) electrons. The van der Waals surface area contributed by atoms with Crippen molar-refractivity contribution < 1.29 is 9.53 Å². The minimum Gasteiger partial charge on any atom is -0.462 e. The summed E-state index contributed by atoms with van der Waals surface area (Å²) in [5.74, 6) is 0.160. The van der Waals surface area contributed by atoms with Crippen molar-refractivity contribution in [3.8, 4) is 0 Å². The molecule has 130 valence electrons. The van der Waals surface area contributed by atoms with Gasteiger partial charge in [-0.05, 0) is 44.7 Å². The highest BCUT2D eigenvalue weighted by molar-refractivity contribution is 5.76. The van der Waals surface area contributed by atoms with Crippen molar-refractivity contribution in [1.82, 2.24) is 4.90 Å². The Kier molecular flexibility index (Phi) is 8.93. The maximum atomic E-state index is 12.5. The van der Waals surface area contributed by atoms with E-state index in [1.807, 2.05) is 19.9 Å². The van der Waals surface area contributed by atoms with Gasteiger partial charge in [-0.2, -0.15) is 0 Å². The second-order valence-corrected chi connectivity index (χ2v) is 6.80. The molecule has 0 N–H and O–H groups in total. The zero-order valence-corrected chi connectivity index (χ0v) is 15.4. The average molecular weight is 319 g/mol. The third-order valence-electron chi connectivity index (χ3n) is 3.95. The van der Waals surface area contributed by atoms with Crippen molar-refractivity contribution in [2.75, 3.05) is 13.1 Å². The first-order chi connectivity index (χ1) is 11.0. The van der Waals surface area contributed by atoms with Gasteiger partial charge < -0.3 is 4.74 Å². The van der Waals surface area contributed by atoms with E-state index in [0.29, 0.717) is 0 Å². The molecule has 0 aromatic heterocycles. The molecule has 0 spiro atoms. The number of benzene rings is 1. The van der Waals surface area contributed by atoms with Crippen molar-refractivity contribution in [2.24, 2.45) is 5.92 Å². The van der Waals surface area contributed by atoms with Gasteiger partial charge in [0.25, 0.3) is 0 Å². The van der Waals surface area contributed by atoms with Gasteiger partial charge in [-0.3, -0.25) is 9.69 Å². The van der Waals surface area contributed by atoms with Gasteiger partial charge in [-0.15, -0.1) is 0 Å². The molecule has 3 nitrogen and oxygen atoms in total. The molecule has 0 aliphatic heterocycles. The minimum atomic E-state index is -0.160. The van der Waals surface area contributed by atoms with Crippen LogP contribution in [0.4, 0.5) is 0 Å². The predicted molar refractivity (Wildman–Crippen MR) is 96.5 cm³/mol. The Balaban J connectivity index is 2.80. The molecule has 0 fully saturated rings. The van der Waals surface area contributed by atoms with Gasteiger partial charge in [0.05, 0.1) is 6.10 Å². The Morgan fingerprint density at radius 2 is 1.74 bits per heavy atom. The lowest BCUT2D eigenvalue weighted by Crippen LogP contribution is -2.47. The lowest BCUT2D eigenvalue weighted by atomic mass is 10.0. The molecule has 0 saturated heterocycles. The first kappa shape index (κ1) is 19.7. The Morgan fingerprint density at radius 1 is 1.09 bits per heavy atom. The van der Waals surface area contributed by atoms with E-state index in [-0.39, 0.29) is 24.0 Å². The summed E-state index contributed by atoms with van der Waals surface area (Å²) in [6, 6.07) is 10.3. The minimum absolute atomic E-state index is 0.0640. The number of esters is 1. The molecule has 1 aromatic rings. The summed E-state index contributed by atoms with van der Waals surface area (Å²) in [6.07, 6.45) is 3.13. The van der Waals surface area contributed by atoms with Gasteiger partial charge in [-0.25, -0.2) is 0 Å². The van der Waals surface area contributed by atoms with Crippen LogP contribution < -0.4 is 0 Å². The zero-order chi connectivity index (χ0) is 17.2. The molecule has 1 atom stereocenters. The van der Waals surface area contributed by atoms with E-state index in [0.717, 1.165) is 32.4 Å². The maximum absolute atomic E-state index is 12.5. The molecular weight excluding hydrogens is 286 g/mol. The summed E-state index contributed by atoms with van der Waals surface area (Å²) in [5, 5.41) is 0. The number of hydrogen-bond acceptors (Lipinski definition) is 3. The van der Waals surface area contributed by atoms with Crippen LogP contribution in [0, 0.1) is 5.92 Å². The van der Waals surface area contributed by atoms with Crippen LogP contribution in [-0.2, 0) is 16.0 Å². The van der Waals surface area contributed by atoms with Crippen molar-refractivity contribution in [3.63, 3.8) is 0 Å². The molecule has 0 amide bonds. The third kappa shape index (κ3) is 7.17. The van der Waals surface area contributed by atoms with E-state index < -0.39 is 0 Å². The Morgan fingerprint density at radius 3 is 2.26 bits per heavy atom. The van der Waals surface area contributed by atoms with Gasteiger partial charge in [0.2, 0.25) is 0 Å². The van der Waals surface area contributed by atoms with E-state index in [1.54, 1.807) is 0 Å². The van der Waals surface area contributed by atoms with Crippen molar-refractivity contribution in [2.45, 2.75) is 66.0 Å². The first-order valence-corrected chi connectivity index (χ1v) is 8.94. The van der Waals surface area contributed by atoms with Crippen LogP contribution >= 0.6 is 0 Å². The van der Waals surface area contributed by atoms with E-state index >= 15 is 0 Å². The van der Waals surface area contributed by atoms with Gasteiger partial charge >= 0.3 is 5.97 Å². The standard InChI is InChI=1S/C20H33NO2/c1-6-7-14-21(15-13-18-11-9-8-10-12-18)19(16(2)3)20(22)23-17(4)5/h8-12,16-17,19H,6-7,13-15H2,1-5H3. The topological polar surface area (TPSA) is 29.5 Å². The van der Waals surface area contributed by atoms with E-state index in [1.165, 1.54) is 5.56 Å². The smallest absolute Gasteiger partial charge is 0.323 e. The summed E-state index contributed by atoms with van der Waals surface area (Å²) in [6.45, 7) is 12.1. The largest absolute Gasteiger partial charge is 0.462 e. The number of nitrogens with zero attached hydrogens (tertiary/aromatic N) is 1. The Bertz CT molecular complexity index is 442. The van der Waals surface area contributed by atoms with E-state index in [2.05, 4.69) is 49.9 Å². The summed E-state index contributed by atoms with van der Waals surface area (Å²) in [5.41, 5.74) is 1.31. The molecule has 1 unspecified atom stereocenters. The Hall–Kier alpha value is -1.35. The molecule has 3 heteroatoms. The van der Waals surface area contributed by atoms with E-state index in [9.17, 15) is 4.79 Å². The van der Waals surface area contributed by atoms with Crippen LogP contribution in [0.2, 0.25) is 0 Å². The lowest BCUT2D eigenvalue weighted by Gasteiger charge is -2.33. The van der Waals surface area contributed by atoms with Crippen molar-refractivity contribution >= 4 is 5.97 Å². The molecule has 23 heavy (non-hydrogen) atoms. The predicted octanol–water partition coefficient (Wildman–Crippen LogP) is 4.31. The molecule has 1 aromatic carbocycles. The average Bonchev–Trinajstić information content (AvgIpc) is 2.49. The number of unbranched alkanes of at least 4 members (excludes halogenated alkanes) is 1. The molecule has 1 rings (SSSR count). The molecule has 0 aliphatic carbocycles. The quantitative estimate of drug-likeness (QED) is 0.602. The van der Waals surface area contributed by atoms with Crippen LogP contribution in [0.15, 0.2) is 30.3 Å². The summed E-state index contributed by atoms with van der Waals surface area (Å²) in [4.78, 5) is 14.9. The van der Waals surface area contributed by atoms with Crippen LogP contribution in [-0.4, -0.2) is 36.1 Å². The fourth-order valence-electron chi connectivity index (χ4n) is 2.81. The summed E-state index contributed by atoms with van der Waals surface area (Å²) >= 11 is 0. The number of hydrogen-bond donors (Lipinski definition) is 0. The van der Waals surface area contributed by atoms with E-state index in [4.69, 9.17) is 4.74 Å². The second kappa shape index (κ2) is 10.4. The highest BCUT2D eigenvalue weighted by Gasteiger charge is 2.30. The number of carbonyl (C=O) groups is 1. The SMILES string of the molecule is CCCCN(CCc1ccccc1)C(C(=O)OC(C)C)C(C)C. The van der Waals surface area contributed by atoms with Crippen LogP contribution in [0.5, 0.6) is 0 Å². The van der Waals surface area contributed by atoms with Gasteiger partial charge in [-0.1, -0.05) is 57.5 Å². The van der Waals surface area contributed by atoms with Crippen molar-refractivity contribution in [1.29, 1.82) is 0 Å². The maximum Gasteiger partial charge on any atom is 0.323 e. The third-order valence-corrected chi connectivity index (χ3v) is 3.95. The number of carbonyl (C=O) groups excluding carboxylic acids is 1. The summed E-state index contributed by atoms with van der Waals surface area (Å²) in [7, 11) is 0. The first-order valence-electron chi connectivity index (χ1n) is 8.94. The monoisotopic (exact) mass is 319 g/mol. The molecule has 0 saturated carbocycles. The fraction of sp³-hybridized carbons (Fsp3) is 0.650. The van der Waals surface area contributed by atoms with Crippen LogP contribution in [0.25, 0.3) is 0 Å². The second-order valence-electron chi connectivity index (χ2n) is 6.80. The van der Waals surface area contributed by atoms with Crippen molar-refractivity contribution in [3.05, 3.63) is 35.9 Å². The zero-order valence-electron chi connectivity index (χ0n) is 15.4. The highest BCUT2D eigenvalue weighted by Crippen LogP contribution is 2.16. The lowest BCUT2D eigenvalue weighted by molar-refractivity contribution is -0.155. The van der Waals surface area contributed by atoms with Crippen LogP contribution in [0.1, 0.15) is 53.0 Å². The molecule has 0 bridgehead atoms. The van der Waals surface area contributed by atoms with Gasteiger partial charge in [0.1, 0.15) is 6.04 Å². The Labute approximate surface area is 142 Å². The number of rotatable bonds is 10. The molecule has 0 aliphatic rings. The van der Waals surface area contributed by atoms with Gasteiger partial charge in [0, 0.05) is 6.54 Å². The fourth-order valence-corrected chi connectivity index (χ4v) is 2.81. The van der Waals surface area contributed by atoms with Gasteiger partial charge in [0.15, 0.2) is 0 Å². The summed E-state index contributed by atoms with van der Waals surface area (Å²) < 4.78 is 5.51. The molecule has 0 heterocycles. The highest BCUT2D eigenvalue weighted by atomic mass is 16.5. The molecular formula is C20H33NO2. The normalized spacial score (nSPS) is 12.9. The van der Waals surface area contributed by atoms with Crippen LogP contribution in [0.3, 0.4) is 0 Å².